The van der Waals surface area contributed by atoms with Gasteiger partial charge in [0.25, 0.3) is 5.91 Å². The summed E-state index contributed by atoms with van der Waals surface area (Å²) in [4.78, 5) is 21.2. The van der Waals surface area contributed by atoms with Crippen LogP contribution in [0.1, 0.15) is 50.2 Å². The molecular formula is C21H29N3O2S. The molecule has 0 aromatic heterocycles. The highest BCUT2D eigenvalue weighted by molar-refractivity contribution is 7.99. The lowest BCUT2D eigenvalue weighted by atomic mass is 9.61. The number of fused-ring (bicyclic) bond motifs is 3. The predicted octanol–water partition coefficient (Wildman–Crippen LogP) is 3.30. The van der Waals surface area contributed by atoms with Crippen molar-refractivity contribution in [3.8, 4) is 0 Å². The third-order valence-electron chi connectivity index (χ3n) is 6.70. The van der Waals surface area contributed by atoms with Crippen LogP contribution in [0.2, 0.25) is 0 Å². The van der Waals surface area contributed by atoms with E-state index in [0.29, 0.717) is 5.96 Å². The molecule has 2 spiro atoms. The van der Waals surface area contributed by atoms with Crippen molar-refractivity contribution in [2.75, 3.05) is 19.9 Å². The molecule has 1 saturated carbocycles. The number of nitrogens with two attached hydrogens (primary N) is 1. The third-order valence-corrected chi connectivity index (χ3v) is 7.90. The Labute approximate surface area is 165 Å². The summed E-state index contributed by atoms with van der Waals surface area (Å²) in [5.41, 5.74) is 7.46. The molecular weight excluding hydrogens is 358 g/mol. The lowest BCUT2D eigenvalue weighted by Crippen LogP contribution is -2.51. The van der Waals surface area contributed by atoms with Gasteiger partial charge in [0.05, 0.1) is 6.10 Å². The Kier molecular flexibility index (Phi) is 4.75. The smallest absolute Gasteiger partial charge is 0.262 e. The van der Waals surface area contributed by atoms with E-state index >= 15 is 0 Å². The average molecular weight is 388 g/mol. The minimum absolute atomic E-state index is 0.0345. The second-order valence-corrected chi connectivity index (χ2v) is 9.27. The Morgan fingerprint density at radius 1 is 1.37 bits per heavy atom. The highest BCUT2D eigenvalue weighted by Crippen LogP contribution is 2.62. The number of carbonyl (C=O) groups excluding carboxylic acids is 1. The van der Waals surface area contributed by atoms with Crippen molar-refractivity contribution < 1.29 is 9.53 Å². The number of benzene rings is 1. The molecule has 1 aromatic rings. The third kappa shape index (κ3) is 2.64. The number of guanidine groups is 1. The summed E-state index contributed by atoms with van der Waals surface area (Å²) in [6.07, 6.45) is 6.12. The van der Waals surface area contributed by atoms with E-state index in [-0.39, 0.29) is 17.4 Å². The fourth-order valence-corrected chi connectivity index (χ4v) is 6.02. The fourth-order valence-electron chi connectivity index (χ4n) is 5.21. The largest absolute Gasteiger partial charge is 0.381 e. The monoisotopic (exact) mass is 387 g/mol. The molecule has 1 unspecified atom stereocenters. The number of hydrogen-bond donors (Lipinski definition) is 1. The van der Waals surface area contributed by atoms with Gasteiger partial charge in [0.1, 0.15) is 0 Å². The van der Waals surface area contributed by atoms with Crippen LogP contribution < -0.4 is 5.73 Å². The first-order chi connectivity index (χ1) is 13.0. The molecule has 2 aliphatic carbocycles. The van der Waals surface area contributed by atoms with Crippen LogP contribution in [0.4, 0.5) is 0 Å². The number of nitrogens with zero attached hydrogens (tertiary/aromatic N) is 2. The van der Waals surface area contributed by atoms with Crippen LogP contribution in [-0.4, -0.2) is 42.8 Å². The molecule has 5 nitrogen and oxygen atoms in total. The van der Waals surface area contributed by atoms with E-state index in [1.807, 2.05) is 11.8 Å². The van der Waals surface area contributed by atoms with E-state index in [1.54, 1.807) is 19.1 Å². The number of ether oxygens (including phenoxy) is 1. The van der Waals surface area contributed by atoms with Crippen LogP contribution in [0.25, 0.3) is 0 Å². The number of aliphatic imine (C=N–C) groups is 1. The molecule has 1 atom stereocenters. The molecule has 0 saturated heterocycles. The maximum Gasteiger partial charge on any atom is 0.262 e. The Balaban J connectivity index is 1.82. The summed E-state index contributed by atoms with van der Waals surface area (Å²) in [6.45, 7) is 2.19. The number of hydrogen-bond acceptors (Lipinski definition) is 5. The van der Waals surface area contributed by atoms with Gasteiger partial charge in [0.2, 0.25) is 0 Å². The first kappa shape index (κ1) is 18.8. The molecule has 3 aliphatic rings. The van der Waals surface area contributed by atoms with Crippen LogP contribution >= 0.6 is 11.8 Å². The summed E-state index contributed by atoms with van der Waals surface area (Å²) in [6, 6.07) is 6.62. The van der Waals surface area contributed by atoms with Gasteiger partial charge in [0.15, 0.2) is 11.5 Å². The van der Waals surface area contributed by atoms with Crippen molar-refractivity contribution in [1.82, 2.24) is 4.90 Å². The lowest BCUT2D eigenvalue weighted by molar-refractivity contribution is -0.137. The molecule has 1 aromatic carbocycles. The number of rotatable bonds is 4. The zero-order valence-electron chi connectivity index (χ0n) is 16.5. The molecule has 2 N–H and O–H groups in total. The van der Waals surface area contributed by atoms with Crippen LogP contribution in [0.5, 0.6) is 0 Å². The van der Waals surface area contributed by atoms with Crippen LogP contribution in [-0.2, 0) is 21.5 Å². The number of carbonyl (C=O) groups is 1. The topological polar surface area (TPSA) is 67.9 Å². The van der Waals surface area contributed by atoms with Crippen molar-refractivity contribution in [3.05, 3.63) is 29.3 Å². The van der Waals surface area contributed by atoms with Gasteiger partial charge in [-0.2, -0.15) is 0 Å². The molecule has 146 valence electrons. The summed E-state index contributed by atoms with van der Waals surface area (Å²) in [5.74, 6) is 1.45. The van der Waals surface area contributed by atoms with Gasteiger partial charge in [-0.15, -0.1) is 11.8 Å². The summed E-state index contributed by atoms with van der Waals surface area (Å²) >= 11 is 1.85. The van der Waals surface area contributed by atoms with Crippen molar-refractivity contribution in [3.63, 3.8) is 0 Å². The minimum Gasteiger partial charge on any atom is -0.381 e. The van der Waals surface area contributed by atoms with E-state index < -0.39 is 5.54 Å². The first-order valence-corrected chi connectivity index (χ1v) is 10.9. The maximum atomic E-state index is 13.5. The van der Waals surface area contributed by atoms with Crippen molar-refractivity contribution in [1.29, 1.82) is 0 Å². The SMILES string of the molecule is CCCSc1ccc2c(c1)C1(N=C(N)N(C)C1=O)C1(CCC(OC)CC1)C2. The second kappa shape index (κ2) is 6.82. The molecule has 1 fully saturated rings. The number of methoxy groups -OCH3 is 1. The summed E-state index contributed by atoms with van der Waals surface area (Å²) in [5, 5.41) is 0. The Morgan fingerprint density at radius 3 is 2.70 bits per heavy atom. The van der Waals surface area contributed by atoms with Gasteiger partial charge in [-0.05, 0) is 67.5 Å². The van der Waals surface area contributed by atoms with Crippen molar-refractivity contribution in [2.24, 2.45) is 16.1 Å². The molecule has 1 amide bonds. The Bertz CT molecular complexity index is 786. The maximum absolute atomic E-state index is 13.5. The molecule has 27 heavy (non-hydrogen) atoms. The first-order valence-electron chi connectivity index (χ1n) is 9.90. The normalized spacial score (nSPS) is 32.4. The van der Waals surface area contributed by atoms with Gasteiger partial charge in [0, 0.05) is 24.5 Å². The van der Waals surface area contributed by atoms with Gasteiger partial charge in [-0.3, -0.25) is 9.69 Å². The van der Waals surface area contributed by atoms with Crippen LogP contribution in [0.15, 0.2) is 28.1 Å². The standard InChI is InChI=1S/C21H29N3O2S/c1-4-11-27-16-6-5-14-13-20(9-7-15(26-3)8-10-20)21(17(14)12-16)18(25)24(2)19(22)23-21/h5-6,12,15H,4,7-11,13H2,1-3H3,(H2,22,23). The van der Waals surface area contributed by atoms with Gasteiger partial charge < -0.3 is 10.5 Å². The van der Waals surface area contributed by atoms with Gasteiger partial charge >= 0.3 is 0 Å². The van der Waals surface area contributed by atoms with Gasteiger partial charge in [-0.1, -0.05) is 13.0 Å². The van der Waals surface area contributed by atoms with Gasteiger partial charge in [-0.25, -0.2) is 4.99 Å². The molecule has 4 rings (SSSR count). The second-order valence-electron chi connectivity index (χ2n) is 8.10. The van der Waals surface area contributed by atoms with Crippen LogP contribution in [0, 0.1) is 5.41 Å². The number of thioether (sulfide) groups is 1. The molecule has 6 heteroatoms. The van der Waals surface area contributed by atoms with E-state index in [1.165, 1.54) is 10.5 Å². The predicted molar refractivity (Wildman–Crippen MR) is 109 cm³/mol. The highest BCUT2D eigenvalue weighted by Gasteiger charge is 2.66. The zero-order valence-corrected chi connectivity index (χ0v) is 17.3. The van der Waals surface area contributed by atoms with E-state index in [4.69, 9.17) is 15.5 Å². The molecule has 0 bridgehead atoms. The lowest BCUT2D eigenvalue weighted by Gasteiger charge is -2.45. The van der Waals surface area contributed by atoms with Crippen molar-refractivity contribution in [2.45, 2.75) is 62.0 Å². The van der Waals surface area contributed by atoms with E-state index in [0.717, 1.165) is 49.8 Å². The summed E-state index contributed by atoms with van der Waals surface area (Å²) in [7, 11) is 3.53. The number of likely N-dealkylation sites (N-methyl/N-ethyl adjacent to an activating group) is 1. The molecule has 0 radical (unpaired) electrons. The average Bonchev–Trinajstić information content (AvgIpc) is 3.08. The minimum atomic E-state index is -0.858. The zero-order chi connectivity index (χ0) is 19.2. The quantitative estimate of drug-likeness (QED) is 0.805. The van der Waals surface area contributed by atoms with Crippen molar-refractivity contribution >= 4 is 23.6 Å². The highest BCUT2D eigenvalue weighted by atomic mass is 32.2. The van der Waals surface area contributed by atoms with Crippen LogP contribution in [0.3, 0.4) is 0 Å². The molecule has 1 aliphatic heterocycles. The number of amides is 1. The van der Waals surface area contributed by atoms with E-state index in [2.05, 4.69) is 25.1 Å². The Hall–Kier alpha value is -1.53. The van der Waals surface area contributed by atoms with E-state index in [9.17, 15) is 4.79 Å². The Morgan fingerprint density at radius 2 is 2.11 bits per heavy atom. The fraction of sp³-hybridized carbons (Fsp3) is 0.619. The molecule has 1 heterocycles. The summed E-state index contributed by atoms with van der Waals surface area (Å²) < 4.78 is 5.60.